The third-order valence-corrected chi connectivity index (χ3v) is 4.87. The number of amides is 3. The van der Waals surface area contributed by atoms with Gasteiger partial charge in [0, 0.05) is 10.0 Å². The third-order valence-electron chi connectivity index (χ3n) is 4.38. The van der Waals surface area contributed by atoms with Crippen LogP contribution in [0.25, 0.3) is 11.4 Å². The van der Waals surface area contributed by atoms with E-state index in [-0.39, 0.29) is 37.1 Å². The van der Waals surface area contributed by atoms with Crippen LogP contribution in [-0.2, 0) is 22.7 Å². The maximum atomic E-state index is 12.6. The van der Waals surface area contributed by atoms with E-state index in [0.717, 1.165) is 14.9 Å². The van der Waals surface area contributed by atoms with Gasteiger partial charge in [0.2, 0.25) is 11.7 Å². The summed E-state index contributed by atoms with van der Waals surface area (Å²) in [6.45, 7) is -0.288. The van der Waals surface area contributed by atoms with Crippen molar-refractivity contribution in [3.8, 4) is 11.4 Å². The number of hydrogen-bond acceptors (Lipinski definition) is 7. The van der Waals surface area contributed by atoms with Crippen LogP contribution in [0.1, 0.15) is 21.8 Å². The van der Waals surface area contributed by atoms with Gasteiger partial charge < -0.3 is 14.6 Å². The summed E-state index contributed by atoms with van der Waals surface area (Å²) in [5.41, 5.74) is 1.49. The molecule has 0 spiro atoms. The molecule has 30 heavy (non-hydrogen) atoms. The van der Waals surface area contributed by atoms with Crippen molar-refractivity contribution in [1.29, 1.82) is 0 Å². The molecule has 1 aliphatic rings. The van der Waals surface area contributed by atoms with Crippen LogP contribution in [0.15, 0.2) is 57.5 Å². The molecule has 152 valence electrons. The van der Waals surface area contributed by atoms with Gasteiger partial charge in [0.05, 0.1) is 18.7 Å². The van der Waals surface area contributed by atoms with Crippen LogP contribution in [0, 0.1) is 0 Å². The quantitative estimate of drug-likeness (QED) is 0.434. The number of carbonyl (C=O) groups is 3. The fourth-order valence-corrected chi connectivity index (χ4v) is 3.31. The van der Waals surface area contributed by atoms with Crippen LogP contribution < -0.4 is 5.32 Å². The van der Waals surface area contributed by atoms with Crippen molar-refractivity contribution >= 4 is 33.8 Å². The molecule has 10 heteroatoms. The first-order valence-corrected chi connectivity index (χ1v) is 9.72. The van der Waals surface area contributed by atoms with E-state index < -0.39 is 12.0 Å². The smallest absolute Gasteiger partial charge is 0.338 e. The molecule has 3 amide bonds. The van der Waals surface area contributed by atoms with Crippen molar-refractivity contribution in [1.82, 2.24) is 20.4 Å². The Morgan fingerprint density at radius 3 is 2.80 bits per heavy atom. The van der Waals surface area contributed by atoms with Gasteiger partial charge in [-0.15, -0.1) is 0 Å². The number of nitrogens with zero attached hydrogens (tertiary/aromatic N) is 3. The predicted molar refractivity (Wildman–Crippen MR) is 107 cm³/mol. The number of halogens is 1. The van der Waals surface area contributed by atoms with Gasteiger partial charge in [-0.25, -0.2) is 9.59 Å². The lowest BCUT2D eigenvalue weighted by Gasteiger charge is -2.14. The van der Waals surface area contributed by atoms with Crippen LogP contribution in [-0.4, -0.2) is 39.5 Å². The maximum absolute atomic E-state index is 12.6. The molecule has 1 fully saturated rings. The second-order valence-electron chi connectivity index (χ2n) is 6.39. The van der Waals surface area contributed by atoms with E-state index in [2.05, 4.69) is 31.4 Å². The first-order chi connectivity index (χ1) is 14.5. The van der Waals surface area contributed by atoms with Crippen LogP contribution in [0.2, 0.25) is 0 Å². The molecule has 0 unspecified atom stereocenters. The summed E-state index contributed by atoms with van der Waals surface area (Å²) in [7, 11) is 0. The number of aromatic nitrogens is 2. The summed E-state index contributed by atoms with van der Waals surface area (Å²) in [6.07, 6.45) is 0. The highest BCUT2D eigenvalue weighted by Gasteiger charge is 2.29. The summed E-state index contributed by atoms with van der Waals surface area (Å²) in [6, 6.07) is 13.5. The minimum Gasteiger partial charge on any atom is -0.452 e. The average Bonchev–Trinajstić information content (AvgIpc) is 3.35. The Labute approximate surface area is 179 Å². The lowest BCUT2D eigenvalue weighted by molar-refractivity contribution is -0.125. The largest absolute Gasteiger partial charge is 0.452 e. The molecule has 4 rings (SSSR count). The first-order valence-electron chi connectivity index (χ1n) is 8.93. The summed E-state index contributed by atoms with van der Waals surface area (Å²) in [5, 5.41) is 6.34. The molecule has 0 aliphatic carbocycles. The van der Waals surface area contributed by atoms with E-state index in [0.29, 0.717) is 11.4 Å². The topological polar surface area (TPSA) is 115 Å². The van der Waals surface area contributed by atoms with Crippen LogP contribution in [0.4, 0.5) is 4.79 Å². The highest BCUT2D eigenvalue weighted by molar-refractivity contribution is 9.10. The van der Waals surface area contributed by atoms with Gasteiger partial charge in [-0.05, 0) is 23.8 Å². The zero-order chi connectivity index (χ0) is 21.1. The minimum absolute atomic E-state index is 0.0243. The van der Waals surface area contributed by atoms with Crippen molar-refractivity contribution < 1.29 is 23.6 Å². The monoisotopic (exact) mass is 470 g/mol. The van der Waals surface area contributed by atoms with E-state index in [1.165, 1.54) is 0 Å². The van der Waals surface area contributed by atoms with Gasteiger partial charge in [0.25, 0.3) is 5.89 Å². The fourth-order valence-electron chi connectivity index (χ4n) is 2.91. The third kappa shape index (κ3) is 4.23. The highest BCUT2D eigenvalue weighted by Crippen LogP contribution is 2.21. The molecular weight excluding hydrogens is 456 g/mol. The Morgan fingerprint density at radius 2 is 2.03 bits per heavy atom. The summed E-state index contributed by atoms with van der Waals surface area (Å²) in [4.78, 5) is 41.4. The van der Waals surface area contributed by atoms with Crippen molar-refractivity contribution in [3.63, 3.8) is 0 Å². The Balaban J connectivity index is 1.44. The van der Waals surface area contributed by atoms with Gasteiger partial charge >= 0.3 is 12.0 Å². The van der Waals surface area contributed by atoms with Crippen molar-refractivity contribution in [2.75, 3.05) is 6.54 Å². The molecule has 2 heterocycles. The average molecular weight is 471 g/mol. The molecule has 3 aromatic rings. The Bertz CT molecular complexity index is 1110. The van der Waals surface area contributed by atoms with Gasteiger partial charge in [-0.2, -0.15) is 4.98 Å². The predicted octanol–water partition coefficient (Wildman–Crippen LogP) is 2.91. The van der Waals surface area contributed by atoms with E-state index in [1.54, 1.807) is 24.3 Å². The van der Waals surface area contributed by atoms with Gasteiger partial charge in [0.15, 0.2) is 6.61 Å². The number of carbonyl (C=O) groups excluding carboxylic acids is 3. The SMILES string of the molecule is O=C(OCc1nc(-c2cccc(Br)c2)no1)c1ccccc1CN1C(=O)CNC1=O. The van der Waals surface area contributed by atoms with Crippen molar-refractivity contribution in [3.05, 3.63) is 70.0 Å². The number of esters is 1. The summed E-state index contributed by atoms with van der Waals surface area (Å²) in [5.74, 6) is -0.458. The molecule has 1 aliphatic heterocycles. The normalized spacial score (nSPS) is 13.4. The molecule has 9 nitrogen and oxygen atoms in total. The minimum atomic E-state index is -0.625. The van der Waals surface area contributed by atoms with E-state index in [1.807, 2.05) is 24.3 Å². The molecular formula is C20H15BrN4O5. The number of benzene rings is 2. The van der Waals surface area contributed by atoms with Crippen molar-refractivity contribution in [2.45, 2.75) is 13.2 Å². The second kappa shape index (κ2) is 8.46. The molecule has 1 N–H and O–H groups in total. The Morgan fingerprint density at radius 1 is 1.20 bits per heavy atom. The molecule has 0 atom stereocenters. The molecule has 0 bridgehead atoms. The van der Waals surface area contributed by atoms with Crippen LogP contribution in [0.3, 0.4) is 0 Å². The molecule has 2 aromatic carbocycles. The lowest BCUT2D eigenvalue weighted by Crippen LogP contribution is -2.31. The van der Waals surface area contributed by atoms with Crippen molar-refractivity contribution in [2.24, 2.45) is 0 Å². The maximum Gasteiger partial charge on any atom is 0.338 e. The fraction of sp³-hybridized carbons (Fsp3) is 0.150. The van der Waals surface area contributed by atoms with Gasteiger partial charge in [0.1, 0.15) is 0 Å². The number of imide groups is 1. The summed E-state index contributed by atoms with van der Waals surface area (Å²) >= 11 is 3.38. The van der Waals surface area contributed by atoms with Crippen LogP contribution >= 0.6 is 15.9 Å². The molecule has 0 saturated carbocycles. The van der Waals surface area contributed by atoms with E-state index in [4.69, 9.17) is 9.26 Å². The number of urea groups is 1. The number of ether oxygens (including phenoxy) is 1. The zero-order valence-corrected chi connectivity index (χ0v) is 17.1. The molecule has 0 radical (unpaired) electrons. The second-order valence-corrected chi connectivity index (χ2v) is 7.31. The highest BCUT2D eigenvalue weighted by atomic mass is 79.9. The Kier molecular flexibility index (Phi) is 5.57. The van der Waals surface area contributed by atoms with Crippen LogP contribution in [0.5, 0.6) is 0 Å². The standard InChI is InChI=1S/C20H15BrN4O5/c21-14-6-3-5-12(8-14)18-23-16(30-24-18)11-29-19(27)15-7-2-1-4-13(15)10-25-17(26)9-22-20(25)28/h1-8H,9-11H2,(H,22,28). The van der Waals surface area contributed by atoms with Gasteiger partial charge in [-0.1, -0.05) is 51.4 Å². The van der Waals surface area contributed by atoms with Gasteiger partial charge in [-0.3, -0.25) is 9.69 Å². The van der Waals surface area contributed by atoms with E-state index >= 15 is 0 Å². The number of nitrogens with one attached hydrogen (secondary N) is 1. The Hall–Kier alpha value is -3.53. The molecule has 1 saturated heterocycles. The molecule has 1 aromatic heterocycles. The lowest BCUT2D eigenvalue weighted by atomic mass is 10.1. The summed E-state index contributed by atoms with van der Waals surface area (Å²) < 4.78 is 11.3. The first kappa shape index (κ1) is 19.8. The zero-order valence-electron chi connectivity index (χ0n) is 15.5. The number of hydrogen-bond donors (Lipinski definition) is 1. The number of rotatable bonds is 6. The van der Waals surface area contributed by atoms with E-state index in [9.17, 15) is 14.4 Å².